The molecule has 1 unspecified atom stereocenters. The summed E-state index contributed by atoms with van der Waals surface area (Å²) in [4.78, 5) is 0. The van der Waals surface area contributed by atoms with E-state index in [9.17, 15) is 0 Å². The molecule has 2 aromatic heterocycles. The standard InChI is InChI=1S/C12H19N7/c13-8-10(9-4-2-1-3-5-9)14-11-6-7-12-15-17-18-19(12)16-11/h6-7,9-10H,1-5,8,13H2,(H,14,16). The van der Waals surface area contributed by atoms with Gasteiger partial charge in [-0.3, -0.25) is 0 Å². The molecule has 7 heteroatoms. The van der Waals surface area contributed by atoms with Crippen LogP contribution in [0.4, 0.5) is 5.82 Å². The summed E-state index contributed by atoms with van der Waals surface area (Å²) in [6.45, 7) is 0.625. The van der Waals surface area contributed by atoms with Crippen LogP contribution in [-0.4, -0.2) is 37.8 Å². The van der Waals surface area contributed by atoms with Crippen LogP contribution in [0.1, 0.15) is 32.1 Å². The molecule has 102 valence electrons. The molecule has 1 fully saturated rings. The van der Waals surface area contributed by atoms with Crippen LogP contribution in [0.15, 0.2) is 12.1 Å². The maximum absolute atomic E-state index is 5.91. The lowest BCUT2D eigenvalue weighted by Crippen LogP contribution is -2.37. The summed E-state index contributed by atoms with van der Waals surface area (Å²) < 4.78 is 1.43. The Bertz CT molecular complexity index is 532. The van der Waals surface area contributed by atoms with E-state index in [-0.39, 0.29) is 6.04 Å². The zero-order valence-corrected chi connectivity index (χ0v) is 10.9. The number of fused-ring (bicyclic) bond motifs is 1. The Kier molecular flexibility index (Phi) is 3.54. The molecule has 1 saturated carbocycles. The van der Waals surface area contributed by atoms with Gasteiger partial charge >= 0.3 is 0 Å². The zero-order valence-electron chi connectivity index (χ0n) is 10.9. The third kappa shape index (κ3) is 2.65. The average Bonchev–Trinajstić information content (AvgIpc) is 2.93. The lowest BCUT2D eigenvalue weighted by molar-refractivity contribution is 0.320. The van der Waals surface area contributed by atoms with E-state index in [4.69, 9.17) is 5.73 Å². The summed E-state index contributed by atoms with van der Waals surface area (Å²) >= 11 is 0. The minimum Gasteiger partial charge on any atom is -0.364 e. The number of nitrogens with zero attached hydrogens (tertiary/aromatic N) is 5. The normalized spacial score (nSPS) is 18.6. The molecule has 1 atom stereocenters. The predicted molar refractivity (Wildman–Crippen MR) is 71.6 cm³/mol. The quantitative estimate of drug-likeness (QED) is 0.847. The Morgan fingerprint density at radius 2 is 2.16 bits per heavy atom. The first kappa shape index (κ1) is 12.3. The Morgan fingerprint density at radius 3 is 2.95 bits per heavy atom. The molecule has 2 aromatic rings. The first-order valence-electron chi connectivity index (χ1n) is 6.89. The van der Waals surface area contributed by atoms with E-state index in [2.05, 4.69) is 25.9 Å². The maximum atomic E-state index is 5.91. The predicted octanol–water partition coefficient (Wildman–Crippen LogP) is 0.839. The molecule has 3 N–H and O–H groups in total. The summed E-state index contributed by atoms with van der Waals surface area (Å²) in [5.74, 6) is 1.42. The SMILES string of the molecule is NCC(Nc1ccc2nnnn2n1)C1CCCCC1. The van der Waals surface area contributed by atoms with Crippen LogP contribution in [0.3, 0.4) is 0 Å². The van der Waals surface area contributed by atoms with Gasteiger partial charge in [-0.25, -0.2) is 0 Å². The fourth-order valence-electron chi connectivity index (χ4n) is 2.82. The van der Waals surface area contributed by atoms with Crippen molar-refractivity contribution in [3.05, 3.63) is 12.1 Å². The van der Waals surface area contributed by atoms with Crippen LogP contribution >= 0.6 is 0 Å². The first-order chi connectivity index (χ1) is 9.36. The second kappa shape index (κ2) is 5.48. The number of hydrogen-bond acceptors (Lipinski definition) is 6. The van der Waals surface area contributed by atoms with Gasteiger partial charge in [-0.1, -0.05) is 19.3 Å². The van der Waals surface area contributed by atoms with E-state index in [0.717, 1.165) is 5.82 Å². The van der Waals surface area contributed by atoms with Crippen molar-refractivity contribution in [2.45, 2.75) is 38.1 Å². The van der Waals surface area contributed by atoms with Gasteiger partial charge in [0.2, 0.25) is 0 Å². The molecule has 0 bridgehead atoms. The van der Waals surface area contributed by atoms with Crippen molar-refractivity contribution in [3.8, 4) is 0 Å². The van der Waals surface area contributed by atoms with Crippen molar-refractivity contribution in [1.29, 1.82) is 0 Å². The van der Waals surface area contributed by atoms with Gasteiger partial charge in [0.1, 0.15) is 5.82 Å². The minimum absolute atomic E-state index is 0.279. The van der Waals surface area contributed by atoms with E-state index in [1.165, 1.54) is 36.7 Å². The van der Waals surface area contributed by atoms with Crippen LogP contribution in [0, 0.1) is 5.92 Å². The van der Waals surface area contributed by atoms with Gasteiger partial charge < -0.3 is 11.1 Å². The van der Waals surface area contributed by atoms with Crippen LogP contribution in [0.2, 0.25) is 0 Å². The van der Waals surface area contributed by atoms with Gasteiger partial charge in [-0.05, 0) is 41.3 Å². The lowest BCUT2D eigenvalue weighted by Gasteiger charge is -2.30. The number of aromatic nitrogens is 5. The number of tetrazole rings is 1. The molecular weight excluding hydrogens is 242 g/mol. The Morgan fingerprint density at radius 1 is 1.32 bits per heavy atom. The summed E-state index contributed by atoms with van der Waals surface area (Å²) in [5, 5.41) is 19.0. The summed E-state index contributed by atoms with van der Waals surface area (Å²) in [5.41, 5.74) is 6.55. The number of nitrogens with one attached hydrogen (secondary N) is 1. The van der Waals surface area contributed by atoms with Crippen molar-refractivity contribution >= 4 is 11.5 Å². The highest BCUT2D eigenvalue weighted by molar-refractivity contribution is 5.42. The molecule has 0 aliphatic heterocycles. The average molecular weight is 261 g/mol. The first-order valence-corrected chi connectivity index (χ1v) is 6.89. The minimum atomic E-state index is 0.279. The highest BCUT2D eigenvalue weighted by atomic mass is 15.6. The molecule has 0 saturated heterocycles. The molecule has 0 aromatic carbocycles. The molecular formula is C12H19N7. The van der Waals surface area contributed by atoms with E-state index >= 15 is 0 Å². The molecule has 0 amide bonds. The largest absolute Gasteiger partial charge is 0.364 e. The van der Waals surface area contributed by atoms with Crippen molar-refractivity contribution in [2.24, 2.45) is 11.7 Å². The monoisotopic (exact) mass is 261 g/mol. The Balaban J connectivity index is 1.73. The number of anilines is 1. The lowest BCUT2D eigenvalue weighted by atomic mass is 9.84. The molecule has 7 nitrogen and oxygen atoms in total. The number of hydrogen-bond donors (Lipinski definition) is 2. The summed E-state index contributed by atoms with van der Waals surface area (Å²) in [6.07, 6.45) is 6.47. The van der Waals surface area contributed by atoms with Crippen LogP contribution in [0.5, 0.6) is 0 Å². The smallest absolute Gasteiger partial charge is 0.200 e. The van der Waals surface area contributed by atoms with E-state index in [0.29, 0.717) is 18.1 Å². The van der Waals surface area contributed by atoms with Crippen LogP contribution in [-0.2, 0) is 0 Å². The van der Waals surface area contributed by atoms with Crippen LogP contribution < -0.4 is 11.1 Å². The molecule has 1 aliphatic carbocycles. The number of rotatable bonds is 4. The topological polar surface area (TPSA) is 94.0 Å². The molecule has 0 radical (unpaired) electrons. The van der Waals surface area contributed by atoms with E-state index < -0.39 is 0 Å². The second-order valence-electron chi connectivity index (χ2n) is 5.13. The van der Waals surface area contributed by atoms with E-state index in [1.807, 2.05) is 12.1 Å². The van der Waals surface area contributed by atoms with Crippen molar-refractivity contribution in [2.75, 3.05) is 11.9 Å². The molecule has 3 rings (SSSR count). The molecule has 1 aliphatic rings. The van der Waals surface area contributed by atoms with Crippen LogP contribution in [0.25, 0.3) is 5.65 Å². The Hall–Kier alpha value is -1.76. The molecule has 19 heavy (non-hydrogen) atoms. The Labute approximate surface area is 111 Å². The highest BCUT2D eigenvalue weighted by Gasteiger charge is 2.22. The maximum Gasteiger partial charge on any atom is 0.200 e. The second-order valence-corrected chi connectivity index (χ2v) is 5.13. The third-order valence-electron chi connectivity index (χ3n) is 3.88. The summed E-state index contributed by atoms with van der Waals surface area (Å²) in [6, 6.07) is 4.03. The third-order valence-corrected chi connectivity index (χ3v) is 3.88. The molecule has 2 heterocycles. The summed E-state index contributed by atoms with van der Waals surface area (Å²) in [7, 11) is 0. The van der Waals surface area contributed by atoms with Gasteiger partial charge in [0.15, 0.2) is 5.65 Å². The molecule has 0 spiro atoms. The van der Waals surface area contributed by atoms with Crippen molar-refractivity contribution in [3.63, 3.8) is 0 Å². The van der Waals surface area contributed by atoms with Gasteiger partial charge in [-0.15, -0.1) is 14.8 Å². The van der Waals surface area contributed by atoms with Crippen molar-refractivity contribution < 1.29 is 0 Å². The fraction of sp³-hybridized carbons (Fsp3) is 0.667. The van der Waals surface area contributed by atoms with E-state index in [1.54, 1.807) is 0 Å². The van der Waals surface area contributed by atoms with Gasteiger partial charge in [-0.2, -0.15) is 0 Å². The van der Waals surface area contributed by atoms with Crippen molar-refractivity contribution in [1.82, 2.24) is 25.3 Å². The van der Waals surface area contributed by atoms with Gasteiger partial charge in [0, 0.05) is 12.6 Å². The number of nitrogens with two attached hydrogens (primary N) is 1. The van der Waals surface area contributed by atoms with Gasteiger partial charge in [0.05, 0.1) is 0 Å². The van der Waals surface area contributed by atoms with Gasteiger partial charge in [0.25, 0.3) is 0 Å². The fourth-order valence-corrected chi connectivity index (χ4v) is 2.82. The zero-order chi connectivity index (χ0) is 13.1. The highest BCUT2D eigenvalue weighted by Crippen LogP contribution is 2.27.